The fourth-order valence-corrected chi connectivity index (χ4v) is 6.29. The van der Waals surface area contributed by atoms with Crippen molar-refractivity contribution < 1.29 is 9.59 Å². The van der Waals surface area contributed by atoms with E-state index in [1.54, 1.807) is 6.08 Å². The van der Waals surface area contributed by atoms with E-state index in [2.05, 4.69) is 67.1 Å². The summed E-state index contributed by atoms with van der Waals surface area (Å²) in [7, 11) is 0. The number of aromatic nitrogens is 3. The molecular weight excluding hydrogens is 478 g/mol. The molecule has 0 saturated carbocycles. The van der Waals surface area contributed by atoms with Crippen LogP contribution in [-0.2, 0) is 29.6 Å². The van der Waals surface area contributed by atoms with Crippen LogP contribution >= 0.6 is 23.1 Å². The SMILES string of the molecule is C=CCn1c(SCC(=O)Nc2sc3c(c2C(N)=O)CCCC3)nnc1-c1ccc(C(C)(C)C)cc1. The summed E-state index contributed by atoms with van der Waals surface area (Å²) >= 11 is 2.77. The van der Waals surface area contributed by atoms with Crippen molar-refractivity contribution in [3.63, 3.8) is 0 Å². The van der Waals surface area contributed by atoms with E-state index in [4.69, 9.17) is 5.73 Å². The zero-order valence-corrected chi connectivity index (χ0v) is 22.0. The van der Waals surface area contributed by atoms with Crippen LogP contribution < -0.4 is 11.1 Å². The number of rotatable bonds is 8. The predicted octanol–water partition coefficient (Wildman–Crippen LogP) is 5.20. The molecule has 1 aromatic carbocycles. The number of thioether (sulfide) groups is 1. The summed E-state index contributed by atoms with van der Waals surface area (Å²) in [6.07, 6.45) is 5.67. The van der Waals surface area contributed by atoms with Crippen LogP contribution in [0.2, 0.25) is 0 Å². The van der Waals surface area contributed by atoms with E-state index < -0.39 is 5.91 Å². The van der Waals surface area contributed by atoms with E-state index in [-0.39, 0.29) is 17.1 Å². The number of fused-ring (bicyclic) bond motifs is 1. The molecule has 0 bridgehead atoms. The van der Waals surface area contributed by atoms with Gasteiger partial charge >= 0.3 is 0 Å². The number of nitrogens with one attached hydrogen (secondary N) is 1. The first-order chi connectivity index (χ1) is 16.7. The van der Waals surface area contributed by atoms with Gasteiger partial charge in [-0.15, -0.1) is 28.1 Å². The van der Waals surface area contributed by atoms with Crippen molar-refractivity contribution in [2.75, 3.05) is 11.1 Å². The molecule has 9 heteroatoms. The van der Waals surface area contributed by atoms with E-state index in [9.17, 15) is 9.59 Å². The zero-order valence-electron chi connectivity index (χ0n) is 20.4. The highest BCUT2D eigenvalue weighted by atomic mass is 32.2. The summed E-state index contributed by atoms with van der Waals surface area (Å²) < 4.78 is 1.95. The lowest BCUT2D eigenvalue weighted by Gasteiger charge is -2.19. The molecule has 3 N–H and O–H groups in total. The smallest absolute Gasteiger partial charge is 0.251 e. The Balaban J connectivity index is 1.49. The summed E-state index contributed by atoms with van der Waals surface area (Å²) in [5.74, 6) is 0.176. The molecule has 7 nitrogen and oxygen atoms in total. The number of thiophene rings is 1. The topological polar surface area (TPSA) is 103 Å². The van der Waals surface area contributed by atoms with Gasteiger partial charge in [0.05, 0.1) is 11.3 Å². The van der Waals surface area contributed by atoms with Gasteiger partial charge in [-0.25, -0.2) is 0 Å². The van der Waals surface area contributed by atoms with Crippen LogP contribution in [0.5, 0.6) is 0 Å². The Labute approximate surface area is 214 Å². The average molecular weight is 510 g/mol. The number of amides is 2. The maximum absolute atomic E-state index is 12.8. The van der Waals surface area contributed by atoms with Gasteiger partial charge in [0.25, 0.3) is 5.91 Å². The van der Waals surface area contributed by atoms with Crippen LogP contribution in [0.15, 0.2) is 42.1 Å². The van der Waals surface area contributed by atoms with E-state index in [1.165, 1.54) is 28.7 Å². The minimum absolute atomic E-state index is 0.0674. The Bertz CT molecular complexity index is 1250. The number of hydrogen-bond acceptors (Lipinski definition) is 6. The molecule has 0 saturated heterocycles. The Hall–Kier alpha value is -2.91. The van der Waals surface area contributed by atoms with E-state index in [0.717, 1.165) is 47.5 Å². The van der Waals surface area contributed by atoms with Gasteiger partial charge in [-0.2, -0.15) is 0 Å². The van der Waals surface area contributed by atoms with E-state index >= 15 is 0 Å². The van der Waals surface area contributed by atoms with Crippen molar-refractivity contribution >= 4 is 39.9 Å². The maximum atomic E-state index is 12.8. The van der Waals surface area contributed by atoms with Crippen LogP contribution in [-0.4, -0.2) is 32.3 Å². The molecule has 0 radical (unpaired) electrons. The number of nitrogens with two attached hydrogens (primary N) is 1. The summed E-state index contributed by atoms with van der Waals surface area (Å²) in [4.78, 5) is 26.0. The van der Waals surface area contributed by atoms with Crippen LogP contribution in [0.25, 0.3) is 11.4 Å². The number of carbonyl (C=O) groups is 2. The molecule has 4 rings (SSSR count). The van der Waals surface area contributed by atoms with E-state index in [1.807, 2.05) is 4.57 Å². The largest absolute Gasteiger partial charge is 0.365 e. The number of nitrogens with zero attached hydrogens (tertiary/aromatic N) is 3. The molecular formula is C26H31N5O2S2. The van der Waals surface area contributed by atoms with Gasteiger partial charge in [0.2, 0.25) is 5.91 Å². The Morgan fingerprint density at radius 2 is 1.91 bits per heavy atom. The van der Waals surface area contributed by atoms with Crippen molar-refractivity contribution in [3.8, 4) is 11.4 Å². The summed E-state index contributed by atoms with van der Waals surface area (Å²) in [5, 5.41) is 12.8. The molecule has 0 atom stereocenters. The predicted molar refractivity (Wildman–Crippen MR) is 143 cm³/mol. The number of aryl methyl sites for hydroxylation is 1. The summed E-state index contributed by atoms with van der Waals surface area (Å²) in [5.41, 5.74) is 9.39. The standard InChI is InChI=1S/C26H31N5O2S2/c1-5-14-31-23(16-10-12-17(13-11-16)26(2,3)4)29-30-25(31)34-15-20(32)28-24-21(22(27)33)18-8-6-7-9-19(18)35-24/h5,10-13H,1,6-9,14-15H2,2-4H3,(H2,27,33)(H,28,32). The first kappa shape index (κ1) is 25.2. The molecule has 184 valence electrons. The van der Waals surface area contributed by atoms with Crippen molar-refractivity contribution in [2.45, 2.75) is 63.6 Å². The number of benzene rings is 1. The quantitative estimate of drug-likeness (QED) is 0.321. The highest BCUT2D eigenvalue weighted by molar-refractivity contribution is 7.99. The van der Waals surface area contributed by atoms with Gasteiger partial charge in [0.1, 0.15) is 5.00 Å². The van der Waals surface area contributed by atoms with Crippen LogP contribution in [0, 0.1) is 0 Å². The molecule has 1 aliphatic rings. The molecule has 3 aromatic rings. The monoisotopic (exact) mass is 509 g/mol. The second-order valence-electron chi connectivity index (χ2n) is 9.65. The number of primary amides is 1. The molecule has 1 aliphatic carbocycles. The maximum Gasteiger partial charge on any atom is 0.251 e. The second kappa shape index (κ2) is 10.4. The van der Waals surface area contributed by atoms with Gasteiger partial charge in [0, 0.05) is 17.0 Å². The number of anilines is 1. The normalized spacial score (nSPS) is 13.3. The Morgan fingerprint density at radius 3 is 2.57 bits per heavy atom. The Morgan fingerprint density at radius 1 is 1.20 bits per heavy atom. The van der Waals surface area contributed by atoms with E-state index in [0.29, 0.717) is 22.3 Å². The highest BCUT2D eigenvalue weighted by Gasteiger charge is 2.25. The van der Waals surface area contributed by atoms with Crippen molar-refractivity contribution in [1.29, 1.82) is 0 Å². The highest BCUT2D eigenvalue weighted by Crippen LogP contribution is 2.38. The lowest BCUT2D eigenvalue weighted by Crippen LogP contribution is -2.19. The zero-order chi connectivity index (χ0) is 25.2. The molecule has 0 aliphatic heterocycles. The summed E-state index contributed by atoms with van der Waals surface area (Å²) in [6.45, 7) is 10.9. The average Bonchev–Trinajstić information content (AvgIpc) is 3.38. The first-order valence-corrected chi connectivity index (χ1v) is 13.5. The molecule has 2 amide bonds. The Kier molecular flexibility index (Phi) is 7.47. The minimum atomic E-state index is -0.486. The third kappa shape index (κ3) is 5.51. The fraction of sp³-hybridized carbons (Fsp3) is 0.385. The molecule has 0 unspecified atom stereocenters. The van der Waals surface area contributed by atoms with Crippen molar-refractivity contribution in [2.24, 2.45) is 5.73 Å². The molecule has 35 heavy (non-hydrogen) atoms. The van der Waals surface area contributed by atoms with Gasteiger partial charge in [-0.3, -0.25) is 14.2 Å². The number of allylic oxidation sites excluding steroid dienone is 1. The molecule has 0 spiro atoms. The fourth-order valence-electron chi connectivity index (χ4n) is 4.23. The van der Waals surface area contributed by atoms with Gasteiger partial charge < -0.3 is 11.1 Å². The molecule has 2 heterocycles. The minimum Gasteiger partial charge on any atom is -0.365 e. The number of carbonyl (C=O) groups excluding carboxylic acids is 2. The molecule has 0 fully saturated rings. The van der Waals surface area contributed by atoms with Gasteiger partial charge in [0.15, 0.2) is 11.0 Å². The van der Waals surface area contributed by atoms with Crippen LogP contribution in [0.1, 0.15) is 60.0 Å². The van der Waals surface area contributed by atoms with Gasteiger partial charge in [-0.1, -0.05) is 62.9 Å². The lowest BCUT2D eigenvalue weighted by molar-refractivity contribution is -0.113. The van der Waals surface area contributed by atoms with Crippen molar-refractivity contribution in [3.05, 3.63) is 58.5 Å². The third-order valence-corrected chi connectivity index (χ3v) is 8.21. The van der Waals surface area contributed by atoms with Crippen LogP contribution in [0.4, 0.5) is 5.00 Å². The third-order valence-electron chi connectivity index (χ3n) is 6.04. The lowest BCUT2D eigenvalue weighted by atomic mass is 9.87. The second-order valence-corrected chi connectivity index (χ2v) is 11.7. The first-order valence-electron chi connectivity index (χ1n) is 11.7. The van der Waals surface area contributed by atoms with Gasteiger partial charge in [-0.05, 0) is 42.2 Å². The molecule has 2 aromatic heterocycles. The summed E-state index contributed by atoms with van der Waals surface area (Å²) in [6, 6.07) is 8.32. The number of hydrogen-bond donors (Lipinski definition) is 2. The van der Waals surface area contributed by atoms with Crippen LogP contribution in [0.3, 0.4) is 0 Å². The van der Waals surface area contributed by atoms with Crippen molar-refractivity contribution in [1.82, 2.24) is 14.8 Å².